The van der Waals surface area contributed by atoms with Crippen molar-refractivity contribution in [3.63, 3.8) is 0 Å². The summed E-state index contributed by atoms with van der Waals surface area (Å²) in [5.41, 5.74) is 1.38. The van der Waals surface area contributed by atoms with Gasteiger partial charge < -0.3 is 0 Å². The third-order valence-electron chi connectivity index (χ3n) is 1.25. The molecule has 0 saturated heterocycles. The van der Waals surface area contributed by atoms with Gasteiger partial charge in [0, 0.05) is 21.9 Å². The van der Waals surface area contributed by atoms with E-state index in [-0.39, 0.29) is 0 Å². The number of aldehydes is 1. The molecule has 0 saturated carbocycles. The van der Waals surface area contributed by atoms with Gasteiger partial charge in [0.15, 0.2) is 6.29 Å². The van der Waals surface area contributed by atoms with Gasteiger partial charge in [-0.15, -0.1) is 0 Å². The summed E-state index contributed by atoms with van der Waals surface area (Å²) in [4.78, 5) is 14.3. The highest BCUT2D eigenvalue weighted by Gasteiger charge is 2.00. The largest absolute Gasteiger partial charge is 0.298 e. The van der Waals surface area contributed by atoms with Gasteiger partial charge in [0.05, 0.1) is 0 Å². The van der Waals surface area contributed by atoms with Crippen molar-refractivity contribution in [1.82, 2.24) is 4.98 Å². The Bertz CT molecular complexity index is 240. The molecule has 0 N–H and O–H groups in total. The Hall–Kier alpha value is -0.700. The lowest BCUT2D eigenvalue weighted by Gasteiger charge is -1.97. The zero-order chi connectivity index (χ0) is 7.56. The molecule has 1 rings (SSSR count). The van der Waals surface area contributed by atoms with Crippen LogP contribution in [0.2, 0.25) is 0 Å². The minimum absolute atomic E-state index is 0.627. The standard InChI is InChI=1S/C7H6BrNO/c1-5-6(4-10)7(8)2-3-9-5/h2-4H,1H3. The van der Waals surface area contributed by atoms with Crippen LogP contribution in [0.4, 0.5) is 0 Å². The van der Waals surface area contributed by atoms with Gasteiger partial charge in [-0.2, -0.15) is 0 Å². The average molecular weight is 200 g/mol. The fraction of sp³-hybridized carbons (Fsp3) is 0.143. The van der Waals surface area contributed by atoms with Crippen molar-refractivity contribution in [2.75, 3.05) is 0 Å². The van der Waals surface area contributed by atoms with E-state index in [1.807, 2.05) is 0 Å². The van der Waals surface area contributed by atoms with Crippen molar-refractivity contribution >= 4 is 22.2 Å². The zero-order valence-corrected chi connectivity index (χ0v) is 7.05. The molecule has 10 heavy (non-hydrogen) atoms. The first-order chi connectivity index (χ1) is 4.75. The number of hydrogen-bond donors (Lipinski definition) is 0. The summed E-state index contributed by atoms with van der Waals surface area (Å²) < 4.78 is 0.801. The first-order valence-electron chi connectivity index (χ1n) is 2.82. The quantitative estimate of drug-likeness (QED) is 0.648. The molecule has 0 spiro atoms. The summed E-state index contributed by atoms with van der Waals surface area (Å²) in [5, 5.41) is 0. The number of carbonyl (C=O) groups excluding carboxylic acids is 1. The highest BCUT2D eigenvalue weighted by molar-refractivity contribution is 9.10. The van der Waals surface area contributed by atoms with Crippen molar-refractivity contribution in [2.24, 2.45) is 0 Å². The Labute approximate surface area is 67.4 Å². The summed E-state index contributed by atoms with van der Waals surface area (Å²) in [6.45, 7) is 1.80. The maximum absolute atomic E-state index is 10.4. The number of nitrogens with zero attached hydrogens (tertiary/aromatic N) is 1. The van der Waals surface area contributed by atoms with Crippen LogP contribution >= 0.6 is 15.9 Å². The molecule has 0 fully saturated rings. The van der Waals surface area contributed by atoms with E-state index in [0.717, 1.165) is 16.5 Å². The van der Waals surface area contributed by atoms with Crippen LogP contribution in [0.15, 0.2) is 16.7 Å². The monoisotopic (exact) mass is 199 g/mol. The second-order valence-electron chi connectivity index (χ2n) is 1.91. The number of aromatic nitrogens is 1. The van der Waals surface area contributed by atoms with E-state index in [0.29, 0.717) is 5.56 Å². The predicted octanol–water partition coefficient (Wildman–Crippen LogP) is 1.97. The van der Waals surface area contributed by atoms with Crippen LogP contribution in [0.1, 0.15) is 16.1 Å². The molecule has 1 aromatic heterocycles. The predicted molar refractivity (Wildman–Crippen MR) is 42.1 cm³/mol. The molecular weight excluding hydrogens is 194 g/mol. The fourth-order valence-corrected chi connectivity index (χ4v) is 1.19. The number of carbonyl (C=O) groups is 1. The molecule has 0 bridgehead atoms. The molecular formula is C7H6BrNO. The molecule has 0 unspecified atom stereocenters. The van der Waals surface area contributed by atoms with Crippen molar-refractivity contribution in [1.29, 1.82) is 0 Å². The summed E-state index contributed by atoms with van der Waals surface area (Å²) in [6.07, 6.45) is 2.46. The van der Waals surface area contributed by atoms with Gasteiger partial charge in [-0.05, 0) is 28.9 Å². The van der Waals surface area contributed by atoms with Gasteiger partial charge in [0.1, 0.15) is 0 Å². The van der Waals surface area contributed by atoms with Crippen LogP contribution in [-0.4, -0.2) is 11.3 Å². The first kappa shape index (κ1) is 7.41. The summed E-state index contributed by atoms with van der Waals surface area (Å²) in [6, 6.07) is 1.75. The zero-order valence-electron chi connectivity index (χ0n) is 5.47. The Morgan fingerprint density at radius 3 is 2.80 bits per heavy atom. The molecule has 52 valence electrons. The van der Waals surface area contributed by atoms with E-state index in [4.69, 9.17) is 0 Å². The van der Waals surface area contributed by atoms with Crippen LogP contribution in [0, 0.1) is 6.92 Å². The van der Waals surface area contributed by atoms with Gasteiger partial charge in [-0.25, -0.2) is 0 Å². The molecule has 0 aromatic carbocycles. The number of aryl methyl sites for hydroxylation is 1. The summed E-state index contributed by atoms with van der Waals surface area (Å²) in [7, 11) is 0. The van der Waals surface area contributed by atoms with Gasteiger partial charge in [-0.1, -0.05) is 0 Å². The van der Waals surface area contributed by atoms with Crippen LogP contribution in [0.5, 0.6) is 0 Å². The van der Waals surface area contributed by atoms with Crippen molar-refractivity contribution in [2.45, 2.75) is 6.92 Å². The van der Waals surface area contributed by atoms with E-state index in [9.17, 15) is 4.79 Å². The van der Waals surface area contributed by atoms with E-state index in [1.165, 1.54) is 0 Å². The lowest BCUT2D eigenvalue weighted by atomic mass is 10.2. The van der Waals surface area contributed by atoms with E-state index in [1.54, 1.807) is 19.2 Å². The van der Waals surface area contributed by atoms with Crippen LogP contribution in [-0.2, 0) is 0 Å². The summed E-state index contributed by atoms with van der Waals surface area (Å²) >= 11 is 3.24. The molecule has 0 radical (unpaired) electrons. The smallest absolute Gasteiger partial charge is 0.153 e. The SMILES string of the molecule is Cc1nccc(Br)c1C=O. The number of hydrogen-bond acceptors (Lipinski definition) is 2. The minimum Gasteiger partial charge on any atom is -0.298 e. The highest BCUT2D eigenvalue weighted by atomic mass is 79.9. The van der Waals surface area contributed by atoms with Crippen LogP contribution in [0.25, 0.3) is 0 Å². The second-order valence-corrected chi connectivity index (χ2v) is 2.76. The van der Waals surface area contributed by atoms with Crippen molar-refractivity contribution < 1.29 is 4.79 Å². The molecule has 1 heterocycles. The Kier molecular flexibility index (Phi) is 2.17. The lowest BCUT2D eigenvalue weighted by molar-refractivity contribution is 0.112. The van der Waals surface area contributed by atoms with Crippen molar-refractivity contribution in [3.05, 3.63) is 28.0 Å². The normalized spacial score (nSPS) is 9.40. The second kappa shape index (κ2) is 2.92. The number of halogens is 1. The van der Waals surface area contributed by atoms with Crippen LogP contribution in [0.3, 0.4) is 0 Å². The minimum atomic E-state index is 0.627. The third kappa shape index (κ3) is 1.24. The van der Waals surface area contributed by atoms with Gasteiger partial charge in [-0.3, -0.25) is 9.78 Å². The maximum atomic E-state index is 10.4. The molecule has 0 aliphatic carbocycles. The van der Waals surface area contributed by atoms with E-state index in [2.05, 4.69) is 20.9 Å². The van der Waals surface area contributed by atoms with Crippen LogP contribution < -0.4 is 0 Å². The Morgan fingerprint density at radius 1 is 1.70 bits per heavy atom. The Morgan fingerprint density at radius 2 is 2.40 bits per heavy atom. The highest BCUT2D eigenvalue weighted by Crippen LogP contribution is 2.15. The Balaban J connectivity index is 3.30. The van der Waals surface area contributed by atoms with Gasteiger partial charge in [0.2, 0.25) is 0 Å². The maximum Gasteiger partial charge on any atom is 0.153 e. The van der Waals surface area contributed by atoms with E-state index < -0.39 is 0 Å². The molecule has 0 aliphatic heterocycles. The molecule has 2 nitrogen and oxygen atoms in total. The average Bonchev–Trinajstić information content (AvgIpc) is 1.88. The van der Waals surface area contributed by atoms with Crippen molar-refractivity contribution in [3.8, 4) is 0 Å². The molecule has 0 atom stereocenters. The van der Waals surface area contributed by atoms with Gasteiger partial charge >= 0.3 is 0 Å². The fourth-order valence-electron chi connectivity index (χ4n) is 0.688. The first-order valence-corrected chi connectivity index (χ1v) is 3.61. The van der Waals surface area contributed by atoms with Gasteiger partial charge in [0.25, 0.3) is 0 Å². The molecule has 0 aliphatic rings. The summed E-state index contributed by atoms with van der Waals surface area (Å²) in [5.74, 6) is 0. The van der Waals surface area contributed by atoms with E-state index >= 15 is 0 Å². The topological polar surface area (TPSA) is 30.0 Å². The third-order valence-corrected chi connectivity index (χ3v) is 1.95. The number of pyridine rings is 1. The molecule has 1 aromatic rings. The number of rotatable bonds is 1. The molecule has 3 heteroatoms. The lowest BCUT2D eigenvalue weighted by Crippen LogP contribution is -1.90. The molecule has 0 amide bonds.